The molecule has 2 aromatic carbocycles. The molecule has 5 heteroatoms. The minimum absolute atomic E-state index is 0.0644. The largest absolute Gasteiger partial charge is 0.382 e. The molecule has 1 unspecified atom stereocenters. The number of nitrogens with zero attached hydrogens (tertiary/aromatic N) is 1. The molecular formula is C17H18N4O. The lowest BCUT2D eigenvalue weighted by Crippen LogP contribution is -2.26. The Labute approximate surface area is 128 Å². The fourth-order valence-electron chi connectivity index (χ4n) is 2.39. The Hall–Kier alpha value is -2.82. The first kappa shape index (κ1) is 14.1. The van der Waals surface area contributed by atoms with Gasteiger partial charge in [-0.15, -0.1) is 0 Å². The summed E-state index contributed by atoms with van der Waals surface area (Å²) in [6.07, 6.45) is 0. The van der Waals surface area contributed by atoms with Gasteiger partial charge in [-0.25, -0.2) is 0 Å². The van der Waals surface area contributed by atoms with Crippen molar-refractivity contribution < 1.29 is 4.79 Å². The Morgan fingerprint density at radius 1 is 1.23 bits per heavy atom. The van der Waals surface area contributed by atoms with Gasteiger partial charge in [0.05, 0.1) is 11.6 Å². The molecule has 4 N–H and O–H groups in total. The number of amides is 1. The van der Waals surface area contributed by atoms with Gasteiger partial charge >= 0.3 is 0 Å². The number of anilines is 1. The summed E-state index contributed by atoms with van der Waals surface area (Å²) in [4.78, 5) is 12.4. The summed E-state index contributed by atoms with van der Waals surface area (Å²) < 4.78 is 0. The van der Waals surface area contributed by atoms with Gasteiger partial charge in [-0.1, -0.05) is 29.8 Å². The van der Waals surface area contributed by atoms with Crippen LogP contribution in [0.15, 0.2) is 42.5 Å². The van der Waals surface area contributed by atoms with Crippen molar-refractivity contribution in [3.63, 3.8) is 0 Å². The zero-order valence-corrected chi connectivity index (χ0v) is 12.6. The predicted molar refractivity (Wildman–Crippen MR) is 87.6 cm³/mol. The number of nitrogens with one attached hydrogen (secondary N) is 2. The fraction of sp³-hybridized carbons (Fsp3) is 0.176. The molecule has 1 amide bonds. The van der Waals surface area contributed by atoms with Gasteiger partial charge in [0.25, 0.3) is 5.91 Å². The van der Waals surface area contributed by atoms with E-state index in [2.05, 4.69) is 15.5 Å². The van der Waals surface area contributed by atoms with Crippen molar-refractivity contribution in [2.24, 2.45) is 0 Å². The van der Waals surface area contributed by atoms with Crippen LogP contribution < -0.4 is 11.1 Å². The Morgan fingerprint density at radius 2 is 1.95 bits per heavy atom. The van der Waals surface area contributed by atoms with Gasteiger partial charge in [0, 0.05) is 10.9 Å². The molecule has 0 bridgehead atoms. The van der Waals surface area contributed by atoms with Crippen molar-refractivity contribution in [3.8, 4) is 0 Å². The highest BCUT2D eigenvalue weighted by molar-refractivity contribution is 6.00. The second-order valence-electron chi connectivity index (χ2n) is 5.48. The van der Waals surface area contributed by atoms with Crippen LogP contribution in [-0.4, -0.2) is 16.1 Å². The molecule has 0 fully saturated rings. The minimum atomic E-state index is -0.129. The number of carbonyl (C=O) groups excluding carboxylic acids is 1. The average molecular weight is 294 g/mol. The van der Waals surface area contributed by atoms with Gasteiger partial charge in [0.2, 0.25) is 0 Å². The third-order valence-electron chi connectivity index (χ3n) is 3.78. The highest BCUT2D eigenvalue weighted by atomic mass is 16.1. The van der Waals surface area contributed by atoms with Crippen LogP contribution >= 0.6 is 0 Å². The van der Waals surface area contributed by atoms with Crippen molar-refractivity contribution in [1.82, 2.24) is 15.5 Å². The highest BCUT2D eigenvalue weighted by Gasteiger charge is 2.13. The molecular weight excluding hydrogens is 276 g/mol. The summed E-state index contributed by atoms with van der Waals surface area (Å²) in [5.74, 6) is 0.270. The average Bonchev–Trinajstić information content (AvgIpc) is 2.88. The lowest BCUT2D eigenvalue weighted by molar-refractivity contribution is 0.0940. The monoisotopic (exact) mass is 294 g/mol. The number of hydrogen-bond donors (Lipinski definition) is 3. The number of hydrogen-bond acceptors (Lipinski definition) is 3. The zero-order chi connectivity index (χ0) is 15.7. The van der Waals surface area contributed by atoms with Crippen LogP contribution in [-0.2, 0) is 0 Å². The smallest absolute Gasteiger partial charge is 0.251 e. The number of benzene rings is 2. The van der Waals surface area contributed by atoms with E-state index in [9.17, 15) is 4.79 Å². The summed E-state index contributed by atoms with van der Waals surface area (Å²) in [7, 11) is 0. The minimum Gasteiger partial charge on any atom is -0.382 e. The van der Waals surface area contributed by atoms with Crippen LogP contribution in [0.3, 0.4) is 0 Å². The van der Waals surface area contributed by atoms with Crippen molar-refractivity contribution in [2.45, 2.75) is 19.9 Å². The van der Waals surface area contributed by atoms with Crippen LogP contribution in [0.1, 0.15) is 34.5 Å². The van der Waals surface area contributed by atoms with E-state index in [1.165, 1.54) is 5.56 Å². The maximum Gasteiger partial charge on any atom is 0.251 e. The van der Waals surface area contributed by atoms with E-state index in [1.54, 1.807) is 12.1 Å². The summed E-state index contributed by atoms with van der Waals surface area (Å²) >= 11 is 0. The Morgan fingerprint density at radius 3 is 2.68 bits per heavy atom. The predicted octanol–water partition coefficient (Wildman–Crippen LogP) is 2.94. The van der Waals surface area contributed by atoms with E-state index in [0.717, 1.165) is 16.5 Å². The second-order valence-corrected chi connectivity index (χ2v) is 5.48. The molecule has 0 saturated heterocycles. The summed E-state index contributed by atoms with van der Waals surface area (Å²) in [6, 6.07) is 13.4. The highest BCUT2D eigenvalue weighted by Crippen LogP contribution is 2.20. The number of nitrogens with two attached hydrogens (primary N) is 1. The lowest BCUT2D eigenvalue weighted by atomic mass is 10.1. The molecule has 0 aliphatic heterocycles. The van der Waals surface area contributed by atoms with Crippen LogP contribution in [0.2, 0.25) is 0 Å². The second kappa shape index (κ2) is 5.52. The van der Waals surface area contributed by atoms with E-state index in [4.69, 9.17) is 5.73 Å². The third kappa shape index (κ3) is 2.65. The van der Waals surface area contributed by atoms with Gasteiger partial charge in [0.1, 0.15) is 0 Å². The number of carbonyl (C=O) groups is 1. The quantitative estimate of drug-likeness (QED) is 0.694. The van der Waals surface area contributed by atoms with Gasteiger partial charge in [-0.3, -0.25) is 9.89 Å². The molecule has 0 aliphatic rings. The SMILES string of the molecule is Cc1ccc(C(C)NC(=O)c2ccc3[nH]nc(N)c3c2)cc1. The van der Waals surface area contributed by atoms with E-state index < -0.39 is 0 Å². The Kier molecular flexibility index (Phi) is 3.55. The maximum atomic E-state index is 12.4. The molecule has 0 radical (unpaired) electrons. The molecule has 1 heterocycles. The van der Waals surface area contributed by atoms with Crippen LogP contribution in [0, 0.1) is 6.92 Å². The summed E-state index contributed by atoms with van der Waals surface area (Å²) in [6.45, 7) is 4.00. The van der Waals surface area contributed by atoms with E-state index >= 15 is 0 Å². The molecule has 0 spiro atoms. The lowest BCUT2D eigenvalue weighted by Gasteiger charge is -2.14. The molecule has 0 aliphatic carbocycles. The number of aromatic nitrogens is 2. The first-order valence-electron chi connectivity index (χ1n) is 7.15. The van der Waals surface area contributed by atoms with Crippen LogP contribution in [0.25, 0.3) is 10.9 Å². The van der Waals surface area contributed by atoms with Crippen molar-refractivity contribution in [2.75, 3.05) is 5.73 Å². The van der Waals surface area contributed by atoms with Crippen molar-refractivity contribution >= 4 is 22.6 Å². The maximum absolute atomic E-state index is 12.4. The number of rotatable bonds is 3. The standard InChI is InChI=1S/C17H18N4O/c1-10-3-5-12(6-4-10)11(2)19-17(22)13-7-8-15-14(9-13)16(18)21-20-15/h3-9,11H,1-2H3,(H,19,22)(H3,18,20,21). The van der Waals surface area contributed by atoms with Crippen molar-refractivity contribution in [3.05, 3.63) is 59.2 Å². The van der Waals surface area contributed by atoms with E-state index in [1.807, 2.05) is 44.2 Å². The fourth-order valence-corrected chi connectivity index (χ4v) is 2.39. The Bertz CT molecular complexity index is 820. The molecule has 3 aromatic rings. The molecule has 0 saturated carbocycles. The summed E-state index contributed by atoms with van der Waals surface area (Å²) in [5.41, 5.74) is 9.44. The molecule has 3 rings (SSSR count). The topological polar surface area (TPSA) is 83.8 Å². The van der Waals surface area contributed by atoms with Crippen LogP contribution in [0.5, 0.6) is 0 Å². The first-order chi connectivity index (χ1) is 10.5. The summed E-state index contributed by atoms with van der Waals surface area (Å²) in [5, 5.41) is 10.5. The van der Waals surface area contributed by atoms with E-state index in [-0.39, 0.29) is 11.9 Å². The van der Waals surface area contributed by atoms with Gasteiger partial charge < -0.3 is 11.1 Å². The number of fused-ring (bicyclic) bond motifs is 1. The molecule has 22 heavy (non-hydrogen) atoms. The van der Waals surface area contributed by atoms with Crippen molar-refractivity contribution in [1.29, 1.82) is 0 Å². The number of aryl methyl sites for hydroxylation is 1. The van der Waals surface area contributed by atoms with Gasteiger partial charge in [-0.2, -0.15) is 5.10 Å². The zero-order valence-electron chi connectivity index (χ0n) is 12.6. The van der Waals surface area contributed by atoms with Crippen LogP contribution in [0.4, 0.5) is 5.82 Å². The van der Waals surface area contributed by atoms with E-state index in [0.29, 0.717) is 11.4 Å². The number of H-pyrrole nitrogens is 1. The van der Waals surface area contributed by atoms with Gasteiger partial charge in [-0.05, 0) is 37.6 Å². The number of nitrogen functional groups attached to an aromatic ring is 1. The molecule has 112 valence electrons. The number of aromatic amines is 1. The third-order valence-corrected chi connectivity index (χ3v) is 3.78. The first-order valence-corrected chi connectivity index (χ1v) is 7.15. The molecule has 1 atom stereocenters. The van der Waals surface area contributed by atoms with Gasteiger partial charge in [0.15, 0.2) is 5.82 Å². The Balaban J connectivity index is 1.80. The normalized spacial score (nSPS) is 12.3. The molecule has 5 nitrogen and oxygen atoms in total. The molecule has 1 aromatic heterocycles.